The Labute approximate surface area is 126 Å². The summed E-state index contributed by atoms with van der Waals surface area (Å²) in [7, 11) is 3.22. The summed E-state index contributed by atoms with van der Waals surface area (Å²) in [5, 5.41) is 11.7. The second-order valence-electron chi connectivity index (χ2n) is 6.30. The van der Waals surface area contributed by atoms with Crippen LogP contribution in [0.5, 0.6) is 0 Å². The van der Waals surface area contributed by atoms with Crippen molar-refractivity contribution >= 4 is 17.9 Å². The number of nitrogens with zero attached hydrogens (tertiary/aromatic N) is 2. The Bertz CT molecular complexity index is 388. The number of urea groups is 1. The molecule has 0 fully saturated rings. The monoisotopic (exact) mass is 301 g/mol. The van der Waals surface area contributed by atoms with E-state index in [2.05, 4.69) is 5.32 Å². The number of nitrogens with one attached hydrogen (secondary N) is 1. The molecule has 3 amide bonds. The van der Waals surface area contributed by atoms with E-state index in [1.807, 2.05) is 6.92 Å². The van der Waals surface area contributed by atoms with Crippen molar-refractivity contribution in [2.45, 2.75) is 40.2 Å². The van der Waals surface area contributed by atoms with Crippen LogP contribution in [-0.2, 0) is 9.59 Å². The Balaban J connectivity index is 4.96. The second kappa shape index (κ2) is 7.85. The summed E-state index contributed by atoms with van der Waals surface area (Å²) < 4.78 is 0. The highest BCUT2D eigenvalue weighted by atomic mass is 16.4. The number of carboxylic acids is 1. The highest BCUT2D eigenvalue weighted by Crippen LogP contribution is 2.19. The molecule has 0 spiro atoms. The standard InChI is InChI=1S/C14H27N3O4/c1-7-8-17(9-10(18)16(5)6)13(21)15-11(12(19)20)14(2,3)4/h11H,7-9H2,1-6H3,(H,15,21)(H,19,20)/t11-/m0/s1. The minimum atomic E-state index is -1.09. The molecule has 0 aliphatic rings. The highest BCUT2D eigenvalue weighted by Gasteiger charge is 2.34. The number of aliphatic carboxylic acids is 1. The highest BCUT2D eigenvalue weighted by molar-refractivity contribution is 5.86. The zero-order valence-electron chi connectivity index (χ0n) is 13.8. The summed E-state index contributed by atoms with van der Waals surface area (Å²) in [5.41, 5.74) is -0.620. The smallest absolute Gasteiger partial charge is 0.326 e. The number of hydrogen-bond donors (Lipinski definition) is 2. The molecule has 21 heavy (non-hydrogen) atoms. The van der Waals surface area contributed by atoms with Crippen LogP contribution in [-0.4, -0.2) is 66.0 Å². The van der Waals surface area contributed by atoms with Crippen LogP contribution in [0.4, 0.5) is 4.79 Å². The van der Waals surface area contributed by atoms with Crippen LogP contribution < -0.4 is 5.32 Å². The largest absolute Gasteiger partial charge is 0.480 e. The van der Waals surface area contributed by atoms with E-state index < -0.39 is 23.5 Å². The lowest BCUT2D eigenvalue weighted by atomic mass is 9.87. The van der Waals surface area contributed by atoms with Crippen LogP contribution in [0.1, 0.15) is 34.1 Å². The van der Waals surface area contributed by atoms with Gasteiger partial charge in [0.15, 0.2) is 0 Å². The Hall–Kier alpha value is -1.79. The Morgan fingerprint density at radius 1 is 1.19 bits per heavy atom. The van der Waals surface area contributed by atoms with Gasteiger partial charge in [0.05, 0.1) is 0 Å². The third-order valence-electron chi connectivity index (χ3n) is 2.99. The van der Waals surface area contributed by atoms with Gasteiger partial charge < -0.3 is 20.2 Å². The first-order valence-electron chi connectivity index (χ1n) is 6.99. The van der Waals surface area contributed by atoms with Gasteiger partial charge in [-0.15, -0.1) is 0 Å². The van der Waals surface area contributed by atoms with E-state index >= 15 is 0 Å². The number of carboxylic acid groups (broad SMARTS) is 1. The number of hydrogen-bond acceptors (Lipinski definition) is 3. The fraction of sp³-hybridized carbons (Fsp3) is 0.786. The molecule has 0 aromatic heterocycles. The van der Waals surface area contributed by atoms with Gasteiger partial charge in [0.2, 0.25) is 5.91 Å². The summed E-state index contributed by atoms with van der Waals surface area (Å²) in [5.74, 6) is -1.30. The van der Waals surface area contributed by atoms with Gasteiger partial charge in [-0.2, -0.15) is 0 Å². The molecule has 0 aliphatic heterocycles. The number of amides is 3. The third-order valence-corrected chi connectivity index (χ3v) is 2.99. The van der Waals surface area contributed by atoms with E-state index in [1.54, 1.807) is 34.9 Å². The third kappa shape index (κ3) is 6.46. The van der Waals surface area contributed by atoms with Gasteiger partial charge in [-0.3, -0.25) is 4.79 Å². The van der Waals surface area contributed by atoms with Crippen LogP contribution in [0.25, 0.3) is 0 Å². The van der Waals surface area contributed by atoms with E-state index in [4.69, 9.17) is 0 Å². The predicted molar refractivity (Wildman–Crippen MR) is 80.0 cm³/mol. The molecular weight excluding hydrogens is 274 g/mol. The predicted octanol–water partition coefficient (Wildman–Crippen LogP) is 0.996. The molecule has 7 heteroatoms. The van der Waals surface area contributed by atoms with Gasteiger partial charge in [0, 0.05) is 20.6 Å². The SMILES string of the molecule is CCCN(CC(=O)N(C)C)C(=O)N[C@@H](C(=O)O)C(C)(C)C. The summed E-state index contributed by atoms with van der Waals surface area (Å²) in [4.78, 5) is 38.0. The molecule has 122 valence electrons. The van der Waals surface area contributed by atoms with Crippen molar-refractivity contribution in [2.75, 3.05) is 27.2 Å². The van der Waals surface area contributed by atoms with Crippen molar-refractivity contribution in [3.63, 3.8) is 0 Å². The Morgan fingerprint density at radius 2 is 1.71 bits per heavy atom. The number of carbonyl (C=O) groups excluding carboxylic acids is 2. The van der Waals surface area contributed by atoms with Crippen LogP contribution in [0.15, 0.2) is 0 Å². The number of rotatable bonds is 6. The van der Waals surface area contributed by atoms with Crippen molar-refractivity contribution < 1.29 is 19.5 Å². The van der Waals surface area contributed by atoms with Gasteiger partial charge in [0.25, 0.3) is 0 Å². The zero-order valence-corrected chi connectivity index (χ0v) is 13.8. The van der Waals surface area contributed by atoms with Crippen molar-refractivity contribution in [1.82, 2.24) is 15.1 Å². The summed E-state index contributed by atoms with van der Waals surface area (Å²) in [6, 6.07) is -1.55. The van der Waals surface area contributed by atoms with Crippen LogP contribution in [0.2, 0.25) is 0 Å². The minimum Gasteiger partial charge on any atom is -0.480 e. The molecule has 0 aromatic rings. The Kier molecular flexibility index (Phi) is 7.18. The lowest BCUT2D eigenvalue weighted by molar-refractivity contribution is -0.142. The minimum absolute atomic E-state index is 0.0663. The van der Waals surface area contributed by atoms with Crippen LogP contribution >= 0.6 is 0 Å². The van der Waals surface area contributed by atoms with Crippen molar-refractivity contribution in [2.24, 2.45) is 5.41 Å². The number of carbonyl (C=O) groups is 3. The van der Waals surface area contributed by atoms with Gasteiger partial charge in [0.1, 0.15) is 12.6 Å². The van der Waals surface area contributed by atoms with Crippen LogP contribution in [0.3, 0.4) is 0 Å². The zero-order chi connectivity index (χ0) is 16.8. The van der Waals surface area contributed by atoms with E-state index in [9.17, 15) is 19.5 Å². The molecule has 7 nitrogen and oxygen atoms in total. The average molecular weight is 301 g/mol. The molecule has 0 radical (unpaired) electrons. The summed E-state index contributed by atoms with van der Waals surface area (Å²) in [6.07, 6.45) is 0.682. The summed E-state index contributed by atoms with van der Waals surface area (Å²) in [6.45, 7) is 7.42. The molecule has 0 aliphatic carbocycles. The lowest BCUT2D eigenvalue weighted by Crippen LogP contribution is -2.54. The molecule has 0 heterocycles. The molecule has 0 unspecified atom stereocenters. The molecule has 2 N–H and O–H groups in total. The maximum Gasteiger partial charge on any atom is 0.326 e. The molecule has 1 atom stereocenters. The fourth-order valence-corrected chi connectivity index (χ4v) is 1.69. The maximum atomic E-state index is 12.2. The van der Waals surface area contributed by atoms with Crippen molar-refractivity contribution in [3.05, 3.63) is 0 Å². The number of likely N-dealkylation sites (N-methyl/N-ethyl adjacent to an activating group) is 1. The molecule has 0 aromatic carbocycles. The van der Waals surface area contributed by atoms with Crippen molar-refractivity contribution in [3.8, 4) is 0 Å². The van der Waals surface area contributed by atoms with Crippen LogP contribution in [0, 0.1) is 5.41 Å². The quantitative estimate of drug-likeness (QED) is 0.765. The maximum absolute atomic E-state index is 12.2. The average Bonchev–Trinajstić information content (AvgIpc) is 2.32. The normalized spacial score (nSPS) is 12.5. The molecule has 0 rings (SSSR count). The first-order chi connectivity index (χ1) is 9.50. The molecule has 0 saturated carbocycles. The van der Waals surface area contributed by atoms with E-state index in [0.717, 1.165) is 0 Å². The first kappa shape index (κ1) is 19.2. The van der Waals surface area contributed by atoms with E-state index in [-0.39, 0.29) is 12.5 Å². The lowest BCUT2D eigenvalue weighted by Gasteiger charge is -2.31. The fourth-order valence-electron chi connectivity index (χ4n) is 1.69. The topological polar surface area (TPSA) is 90.0 Å². The van der Waals surface area contributed by atoms with Gasteiger partial charge in [-0.25, -0.2) is 9.59 Å². The summed E-state index contributed by atoms with van der Waals surface area (Å²) >= 11 is 0. The van der Waals surface area contributed by atoms with E-state index in [1.165, 1.54) is 9.80 Å². The molecule has 0 bridgehead atoms. The van der Waals surface area contributed by atoms with Gasteiger partial charge in [-0.1, -0.05) is 27.7 Å². The second-order valence-corrected chi connectivity index (χ2v) is 6.30. The first-order valence-corrected chi connectivity index (χ1v) is 6.99. The Morgan fingerprint density at radius 3 is 2.05 bits per heavy atom. The van der Waals surface area contributed by atoms with E-state index in [0.29, 0.717) is 13.0 Å². The molecular formula is C14H27N3O4. The van der Waals surface area contributed by atoms with Crippen molar-refractivity contribution in [1.29, 1.82) is 0 Å². The molecule has 0 saturated heterocycles. The van der Waals surface area contributed by atoms with Gasteiger partial charge >= 0.3 is 12.0 Å². The van der Waals surface area contributed by atoms with Gasteiger partial charge in [-0.05, 0) is 11.8 Å².